The van der Waals surface area contributed by atoms with Gasteiger partial charge < -0.3 is 15.4 Å². The van der Waals surface area contributed by atoms with Crippen LogP contribution in [-0.2, 0) is 10.8 Å². The molecular formula is C31H24FN3O2S. The number of rotatable bonds is 6. The predicted octanol–water partition coefficient (Wildman–Crippen LogP) is 5.92. The van der Waals surface area contributed by atoms with E-state index >= 15 is 0 Å². The molecule has 7 heteroatoms. The normalized spacial score (nSPS) is 12.2. The molecule has 0 saturated carbocycles. The average Bonchev–Trinajstić information content (AvgIpc) is 3.26. The number of benzene rings is 4. The van der Waals surface area contributed by atoms with Crippen molar-refractivity contribution < 1.29 is 13.7 Å². The van der Waals surface area contributed by atoms with Gasteiger partial charge in [-0.2, -0.15) is 0 Å². The maximum Gasteiger partial charge on any atom is 0.199 e. The first-order valence-corrected chi connectivity index (χ1v) is 13.1. The number of para-hydroxylation sites is 1. The molecule has 1 atom stereocenters. The van der Waals surface area contributed by atoms with Crippen molar-refractivity contribution >= 4 is 33.1 Å². The molecule has 1 aromatic heterocycles. The molecule has 0 radical (unpaired) electrons. The number of aliphatic imine (C=N–C) groups is 1. The van der Waals surface area contributed by atoms with E-state index in [-0.39, 0.29) is 5.88 Å². The van der Waals surface area contributed by atoms with Gasteiger partial charge in [0.25, 0.3) is 0 Å². The SMILES string of the molecule is CNCC#Cc1cc2[nH]c(O)c(C(=Nc3ccccc3)c3ccccc3)c2cc1S(=O)c1ccc(F)cc1. The van der Waals surface area contributed by atoms with Crippen LogP contribution in [0.25, 0.3) is 10.9 Å². The van der Waals surface area contributed by atoms with Gasteiger partial charge in [0, 0.05) is 21.4 Å². The van der Waals surface area contributed by atoms with Crippen molar-refractivity contribution in [3.8, 4) is 17.7 Å². The average molecular weight is 522 g/mol. The zero-order valence-corrected chi connectivity index (χ0v) is 21.4. The number of fused-ring (bicyclic) bond motifs is 1. The monoisotopic (exact) mass is 521 g/mol. The number of H-pyrrole nitrogens is 1. The van der Waals surface area contributed by atoms with Gasteiger partial charge in [0.1, 0.15) is 5.82 Å². The van der Waals surface area contributed by atoms with Gasteiger partial charge in [-0.1, -0.05) is 60.4 Å². The highest BCUT2D eigenvalue weighted by atomic mass is 32.2. The molecule has 0 aliphatic carbocycles. The molecule has 0 amide bonds. The molecule has 38 heavy (non-hydrogen) atoms. The van der Waals surface area contributed by atoms with Crippen LogP contribution in [0.5, 0.6) is 5.88 Å². The minimum Gasteiger partial charge on any atom is -0.494 e. The van der Waals surface area contributed by atoms with Crippen molar-refractivity contribution in [3.05, 3.63) is 120 Å². The Kier molecular flexibility index (Phi) is 7.45. The smallest absolute Gasteiger partial charge is 0.199 e. The van der Waals surface area contributed by atoms with E-state index in [9.17, 15) is 13.7 Å². The third-order valence-electron chi connectivity index (χ3n) is 5.88. The quantitative estimate of drug-likeness (QED) is 0.192. The van der Waals surface area contributed by atoms with Crippen molar-refractivity contribution in [1.82, 2.24) is 10.3 Å². The number of nitrogens with zero attached hydrogens (tertiary/aromatic N) is 1. The Balaban J connectivity index is 1.76. The minimum absolute atomic E-state index is 0.0580. The van der Waals surface area contributed by atoms with Crippen LogP contribution in [0.2, 0.25) is 0 Å². The fraction of sp³-hybridized carbons (Fsp3) is 0.0645. The van der Waals surface area contributed by atoms with Gasteiger partial charge in [-0.15, -0.1) is 0 Å². The van der Waals surface area contributed by atoms with Crippen molar-refractivity contribution in [2.75, 3.05) is 13.6 Å². The summed E-state index contributed by atoms with van der Waals surface area (Å²) in [7, 11) is 0.146. The fourth-order valence-corrected chi connectivity index (χ4v) is 5.28. The molecule has 0 bridgehead atoms. The van der Waals surface area contributed by atoms with E-state index in [0.717, 1.165) is 11.3 Å². The standard InChI is InChI=1S/C31H24FN3O2S/c1-33-18-8-11-22-19-27-26(20-28(22)38(37)25-16-14-23(32)15-17-25)29(31(36)35-27)30(21-9-4-2-5-10-21)34-24-12-6-3-7-13-24/h2-7,9-10,12-17,19-20,33,35-36H,18H2,1H3. The summed E-state index contributed by atoms with van der Waals surface area (Å²) < 4.78 is 27.3. The number of aromatic nitrogens is 1. The van der Waals surface area contributed by atoms with Crippen LogP contribution < -0.4 is 5.32 Å². The van der Waals surface area contributed by atoms with Crippen LogP contribution in [0.15, 0.2) is 112 Å². The van der Waals surface area contributed by atoms with Gasteiger partial charge in [-0.05, 0) is 55.6 Å². The van der Waals surface area contributed by atoms with Gasteiger partial charge in [0.05, 0.1) is 44.7 Å². The predicted molar refractivity (Wildman–Crippen MR) is 150 cm³/mol. The molecule has 1 heterocycles. The molecule has 5 nitrogen and oxygen atoms in total. The summed E-state index contributed by atoms with van der Waals surface area (Å²) in [5.41, 5.74) is 3.76. The van der Waals surface area contributed by atoms with Crippen LogP contribution in [0.4, 0.5) is 10.1 Å². The summed E-state index contributed by atoms with van der Waals surface area (Å²) in [4.78, 5) is 8.85. The number of aromatic hydroxyl groups is 1. The number of aromatic amines is 1. The second-order valence-electron chi connectivity index (χ2n) is 8.46. The first-order valence-electron chi connectivity index (χ1n) is 11.9. The molecule has 5 rings (SSSR count). The Bertz CT molecular complexity index is 1700. The Morgan fingerprint density at radius 2 is 1.68 bits per heavy atom. The lowest BCUT2D eigenvalue weighted by molar-refractivity contribution is 0.457. The summed E-state index contributed by atoms with van der Waals surface area (Å²) >= 11 is 0. The number of hydrogen-bond acceptors (Lipinski definition) is 4. The van der Waals surface area contributed by atoms with Crippen molar-refractivity contribution in [3.63, 3.8) is 0 Å². The highest BCUT2D eigenvalue weighted by molar-refractivity contribution is 7.85. The lowest BCUT2D eigenvalue weighted by Crippen LogP contribution is -2.05. The van der Waals surface area contributed by atoms with Crippen molar-refractivity contribution in [1.29, 1.82) is 0 Å². The summed E-state index contributed by atoms with van der Waals surface area (Å²) in [6.45, 7) is 0.448. The topological polar surface area (TPSA) is 77.5 Å². The Hall–Kier alpha value is -4.51. The van der Waals surface area contributed by atoms with Crippen LogP contribution in [0.1, 0.15) is 16.7 Å². The lowest BCUT2D eigenvalue weighted by atomic mass is 10.00. The van der Waals surface area contributed by atoms with E-state index in [1.165, 1.54) is 24.3 Å². The van der Waals surface area contributed by atoms with E-state index in [2.05, 4.69) is 22.1 Å². The van der Waals surface area contributed by atoms with E-state index in [4.69, 9.17) is 4.99 Å². The number of hydrogen-bond donors (Lipinski definition) is 3. The molecule has 5 aromatic rings. The first kappa shape index (κ1) is 25.2. The Morgan fingerprint density at radius 3 is 2.37 bits per heavy atom. The molecule has 0 saturated heterocycles. The second-order valence-corrected chi connectivity index (χ2v) is 9.91. The zero-order chi connectivity index (χ0) is 26.5. The molecule has 188 valence electrons. The summed E-state index contributed by atoms with van der Waals surface area (Å²) in [5.74, 6) is 5.64. The largest absolute Gasteiger partial charge is 0.494 e. The molecule has 3 N–H and O–H groups in total. The first-order chi connectivity index (χ1) is 18.5. The molecule has 0 aliphatic rings. The van der Waals surface area contributed by atoms with Gasteiger partial charge >= 0.3 is 0 Å². The number of halogens is 1. The van der Waals surface area contributed by atoms with Gasteiger partial charge in [0.15, 0.2) is 5.88 Å². The number of nitrogens with one attached hydrogen (secondary N) is 2. The van der Waals surface area contributed by atoms with E-state index in [1.807, 2.05) is 60.7 Å². The Morgan fingerprint density at radius 1 is 1.00 bits per heavy atom. The summed E-state index contributed by atoms with van der Waals surface area (Å²) in [5, 5.41) is 14.7. The second kappa shape index (κ2) is 11.3. The van der Waals surface area contributed by atoms with Crippen molar-refractivity contribution in [2.45, 2.75) is 9.79 Å². The van der Waals surface area contributed by atoms with E-state index < -0.39 is 16.6 Å². The summed E-state index contributed by atoms with van der Waals surface area (Å²) in [6.07, 6.45) is 0. The van der Waals surface area contributed by atoms with Gasteiger partial charge in [-0.3, -0.25) is 0 Å². The van der Waals surface area contributed by atoms with Crippen molar-refractivity contribution in [2.24, 2.45) is 4.99 Å². The highest BCUT2D eigenvalue weighted by Crippen LogP contribution is 2.35. The van der Waals surface area contributed by atoms with E-state index in [0.29, 0.717) is 44.1 Å². The Labute approximate surface area is 222 Å². The molecule has 0 spiro atoms. The highest BCUT2D eigenvalue weighted by Gasteiger charge is 2.22. The van der Waals surface area contributed by atoms with Crippen LogP contribution >= 0.6 is 0 Å². The maximum absolute atomic E-state index is 13.7. The lowest BCUT2D eigenvalue weighted by Gasteiger charge is -2.10. The van der Waals surface area contributed by atoms with Gasteiger partial charge in [0.2, 0.25) is 0 Å². The third-order valence-corrected chi connectivity index (χ3v) is 7.31. The minimum atomic E-state index is -1.65. The molecular weight excluding hydrogens is 497 g/mol. The molecule has 0 fully saturated rings. The van der Waals surface area contributed by atoms with Crippen LogP contribution in [-0.4, -0.2) is 33.6 Å². The molecule has 0 aliphatic heterocycles. The molecule has 1 unspecified atom stereocenters. The maximum atomic E-state index is 13.7. The zero-order valence-electron chi connectivity index (χ0n) is 20.5. The van der Waals surface area contributed by atoms with Crippen LogP contribution in [0.3, 0.4) is 0 Å². The third kappa shape index (κ3) is 5.28. The molecule has 4 aromatic carbocycles. The van der Waals surface area contributed by atoms with Crippen LogP contribution in [0, 0.1) is 17.7 Å². The fourth-order valence-electron chi connectivity index (χ4n) is 4.10. The van der Waals surface area contributed by atoms with E-state index in [1.54, 1.807) is 19.2 Å². The summed E-state index contributed by atoms with van der Waals surface area (Å²) in [6, 6.07) is 28.2. The van der Waals surface area contributed by atoms with Gasteiger partial charge in [-0.25, -0.2) is 13.6 Å².